The third-order valence-corrected chi connectivity index (χ3v) is 26.5. The standard InChI is InChI=1S/C47H83BO4Si2/c1-16-54(17-2,18-3)52-39(24-25-49-32-36-22-20-19-21-23-36)31-40(51-53(14,15)45(7,8)9)26-33(4)50-48(43-29-37-27-41(34(43)5)46(37,10)11)44-30-38-28-42(35(44)6)47(38,12)13/h19-23,34-35,37-44H,4,16-18,24-32H2,1-3,5-15H3/t34-,35-,37-,38-,39+,40-,41-,42-,43-,44-/m1/s1. The zero-order valence-electron chi connectivity index (χ0n) is 37.6. The Kier molecular flexibility index (Phi) is 14.1. The van der Waals surface area contributed by atoms with Crippen molar-refractivity contribution in [1.82, 2.24) is 0 Å². The smallest absolute Gasteiger partial charge is 0.364 e. The molecule has 0 saturated heterocycles. The Morgan fingerprint density at radius 1 is 0.815 bits per heavy atom. The molecule has 0 amide bonds. The lowest BCUT2D eigenvalue weighted by Gasteiger charge is -2.65. The van der Waals surface area contributed by atoms with Gasteiger partial charge >= 0.3 is 6.92 Å². The van der Waals surface area contributed by atoms with E-state index in [0.717, 1.165) is 66.8 Å². The van der Waals surface area contributed by atoms with Crippen molar-refractivity contribution in [3.8, 4) is 0 Å². The zero-order chi connectivity index (χ0) is 39.9. The molecule has 6 aliphatic carbocycles. The minimum Gasteiger partial charge on any atom is -0.563 e. The summed E-state index contributed by atoms with van der Waals surface area (Å²) in [5, 5.41) is 0.108. The van der Waals surface area contributed by atoms with E-state index in [4.69, 9.17) is 24.8 Å². The predicted molar refractivity (Wildman–Crippen MR) is 236 cm³/mol. The van der Waals surface area contributed by atoms with Crippen LogP contribution in [-0.2, 0) is 24.9 Å². The van der Waals surface area contributed by atoms with Crippen LogP contribution < -0.4 is 0 Å². The maximum atomic E-state index is 7.45. The van der Waals surface area contributed by atoms with Gasteiger partial charge in [0, 0.05) is 19.1 Å². The second kappa shape index (κ2) is 17.2. The fraction of sp³-hybridized carbons (Fsp3) is 0.830. The van der Waals surface area contributed by atoms with Crippen molar-refractivity contribution in [2.24, 2.45) is 46.3 Å². The van der Waals surface area contributed by atoms with Crippen LogP contribution in [0.3, 0.4) is 0 Å². The Balaban J connectivity index is 1.37. The highest BCUT2D eigenvalue weighted by molar-refractivity contribution is 6.74. The van der Waals surface area contributed by atoms with Crippen LogP contribution >= 0.6 is 0 Å². The van der Waals surface area contributed by atoms with Crippen LogP contribution in [0.15, 0.2) is 42.7 Å². The maximum absolute atomic E-state index is 7.45. The Hall–Kier alpha value is -0.861. The lowest BCUT2D eigenvalue weighted by atomic mass is 9.27. The van der Waals surface area contributed by atoms with Gasteiger partial charge in [0.2, 0.25) is 0 Å². The Morgan fingerprint density at radius 3 is 1.78 bits per heavy atom. The first-order valence-corrected chi connectivity index (χ1v) is 27.9. The lowest BCUT2D eigenvalue weighted by molar-refractivity contribution is -0.110. The molecule has 6 fully saturated rings. The SMILES string of the molecule is C=C(C[C@H](C[C@H](CCOCc1ccccc1)O[Si](CC)(CC)CC)O[Si](C)(C)C(C)(C)C)OB([C@@H]1C[C@H]2C[C@H]([C@H]1C)C2(C)C)[C@@H]1C[C@H]2C[C@H]([C@H]1C)C2(C)C. The topological polar surface area (TPSA) is 36.9 Å². The third kappa shape index (κ3) is 9.21. The molecule has 306 valence electrons. The van der Waals surface area contributed by atoms with E-state index in [-0.39, 0.29) is 24.2 Å². The highest BCUT2D eigenvalue weighted by Crippen LogP contribution is 2.69. The molecule has 0 spiro atoms. The summed E-state index contributed by atoms with van der Waals surface area (Å²) < 4.78 is 28.5. The summed E-state index contributed by atoms with van der Waals surface area (Å²) in [6.45, 7) is 40.6. The molecule has 0 N–H and O–H groups in total. The number of rotatable bonds is 20. The molecule has 54 heavy (non-hydrogen) atoms. The van der Waals surface area contributed by atoms with Gasteiger partial charge in [-0.1, -0.05) is 120 Å². The minimum absolute atomic E-state index is 0.00247. The molecule has 4 bridgehead atoms. The van der Waals surface area contributed by atoms with E-state index in [1.165, 1.54) is 31.2 Å². The number of hydrogen-bond acceptors (Lipinski definition) is 4. The summed E-state index contributed by atoms with van der Waals surface area (Å²) in [7, 11) is -3.98. The van der Waals surface area contributed by atoms with Crippen molar-refractivity contribution < 1.29 is 18.2 Å². The Bertz CT molecular complexity index is 1320. The summed E-state index contributed by atoms with van der Waals surface area (Å²) in [5.41, 5.74) is 2.16. The van der Waals surface area contributed by atoms with Gasteiger partial charge in [-0.05, 0) is 138 Å². The normalized spacial score (nSPS) is 31.1. The molecule has 0 heterocycles. The van der Waals surface area contributed by atoms with E-state index in [0.29, 0.717) is 47.5 Å². The van der Waals surface area contributed by atoms with E-state index in [1.807, 2.05) is 0 Å². The summed E-state index contributed by atoms with van der Waals surface area (Å²) in [5.74, 6) is 6.79. The van der Waals surface area contributed by atoms with Crippen LogP contribution in [0.1, 0.15) is 134 Å². The predicted octanol–water partition coefficient (Wildman–Crippen LogP) is 13.8. The van der Waals surface area contributed by atoms with Crippen molar-refractivity contribution in [3.63, 3.8) is 0 Å². The molecule has 0 aliphatic heterocycles. The van der Waals surface area contributed by atoms with Gasteiger partial charge in [-0.3, -0.25) is 0 Å². The minimum atomic E-state index is -2.10. The molecule has 10 atom stereocenters. The molecule has 6 saturated carbocycles. The molecule has 4 nitrogen and oxygen atoms in total. The van der Waals surface area contributed by atoms with Crippen molar-refractivity contribution in [2.45, 2.75) is 195 Å². The van der Waals surface area contributed by atoms with Gasteiger partial charge in [0.15, 0.2) is 16.6 Å². The Labute approximate surface area is 336 Å². The number of fused-ring (bicyclic) bond motifs is 4. The fourth-order valence-corrected chi connectivity index (χ4v) is 16.1. The molecule has 1 aromatic carbocycles. The van der Waals surface area contributed by atoms with Crippen molar-refractivity contribution in [3.05, 3.63) is 48.2 Å². The average Bonchev–Trinajstić information content (AvgIpc) is 3.11. The van der Waals surface area contributed by atoms with Crippen molar-refractivity contribution >= 4 is 23.6 Å². The van der Waals surface area contributed by atoms with Crippen LogP contribution in [0.5, 0.6) is 0 Å². The van der Waals surface area contributed by atoms with Gasteiger partial charge in [0.05, 0.1) is 18.5 Å². The van der Waals surface area contributed by atoms with Crippen LogP contribution in [0.2, 0.25) is 47.9 Å². The number of ether oxygens (including phenoxy) is 1. The van der Waals surface area contributed by atoms with E-state index in [1.54, 1.807) is 0 Å². The number of benzene rings is 1. The lowest BCUT2D eigenvalue weighted by Crippen LogP contribution is -2.60. The van der Waals surface area contributed by atoms with Crippen LogP contribution in [0.25, 0.3) is 0 Å². The summed E-state index contributed by atoms with van der Waals surface area (Å²) in [6, 6.07) is 14.0. The van der Waals surface area contributed by atoms with Crippen molar-refractivity contribution in [2.75, 3.05) is 6.61 Å². The molecular weight excluding hydrogens is 695 g/mol. The zero-order valence-corrected chi connectivity index (χ0v) is 39.6. The van der Waals surface area contributed by atoms with Crippen LogP contribution in [-0.4, -0.2) is 42.4 Å². The van der Waals surface area contributed by atoms with E-state index in [2.05, 4.69) is 127 Å². The van der Waals surface area contributed by atoms with Gasteiger partial charge in [-0.15, -0.1) is 0 Å². The molecular formula is C47H83BO4Si2. The third-order valence-electron chi connectivity index (χ3n) is 17.3. The van der Waals surface area contributed by atoms with Gasteiger partial charge in [0.25, 0.3) is 0 Å². The second-order valence-electron chi connectivity index (χ2n) is 21.6. The van der Waals surface area contributed by atoms with Crippen LogP contribution in [0.4, 0.5) is 0 Å². The maximum Gasteiger partial charge on any atom is 0.364 e. The Morgan fingerprint density at radius 2 is 1.33 bits per heavy atom. The molecule has 0 unspecified atom stereocenters. The number of hydrogen-bond donors (Lipinski definition) is 0. The molecule has 0 aromatic heterocycles. The van der Waals surface area contributed by atoms with Gasteiger partial charge in [-0.25, -0.2) is 0 Å². The molecule has 1 aromatic rings. The van der Waals surface area contributed by atoms with Crippen molar-refractivity contribution in [1.29, 1.82) is 0 Å². The summed E-state index contributed by atoms with van der Waals surface area (Å²) in [6.07, 6.45) is 8.02. The molecule has 0 radical (unpaired) electrons. The largest absolute Gasteiger partial charge is 0.563 e. The highest BCUT2D eigenvalue weighted by Gasteiger charge is 2.64. The fourth-order valence-electron chi connectivity index (χ4n) is 11.9. The average molecular weight is 779 g/mol. The van der Waals surface area contributed by atoms with E-state index < -0.39 is 16.6 Å². The van der Waals surface area contributed by atoms with E-state index in [9.17, 15) is 0 Å². The first-order valence-electron chi connectivity index (χ1n) is 22.5. The quantitative estimate of drug-likeness (QED) is 0.0750. The highest BCUT2D eigenvalue weighted by atomic mass is 28.4. The molecule has 6 aliphatic rings. The molecule has 7 rings (SSSR count). The second-order valence-corrected chi connectivity index (χ2v) is 31.1. The first kappa shape index (κ1) is 44.2. The van der Waals surface area contributed by atoms with Crippen LogP contribution in [0, 0.1) is 46.3 Å². The monoisotopic (exact) mass is 779 g/mol. The van der Waals surface area contributed by atoms with Gasteiger partial charge < -0.3 is 18.2 Å². The molecule has 7 heteroatoms. The van der Waals surface area contributed by atoms with Gasteiger partial charge in [-0.2, -0.15) is 0 Å². The van der Waals surface area contributed by atoms with E-state index >= 15 is 0 Å². The van der Waals surface area contributed by atoms with Gasteiger partial charge in [0.1, 0.15) is 0 Å². The summed E-state index contributed by atoms with van der Waals surface area (Å²) in [4.78, 5) is 0. The first-order chi connectivity index (χ1) is 25.2. The summed E-state index contributed by atoms with van der Waals surface area (Å²) >= 11 is 0.